The van der Waals surface area contributed by atoms with Gasteiger partial charge >= 0.3 is 0 Å². The maximum Gasteiger partial charge on any atom is 0.119 e. The Bertz CT molecular complexity index is 345. The van der Waals surface area contributed by atoms with E-state index in [1.807, 2.05) is 12.1 Å². The molecule has 0 aromatic heterocycles. The molecule has 1 fully saturated rings. The molecule has 100 valence electrons. The minimum atomic E-state index is 0.822. The summed E-state index contributed by atoms with van der Waals surface area (Å²) in [6.45, 7) is 6.23. The number of piperazine rings is 1. The number of benzene rings is 1. The largest absolute Gasteiger partial charge is 0.497 e. The van der Waals surface area contributed by atoms with E-state index in [1.54, 1.807) is 14.2 Å². The standard InChI is InChI=1S/C14H22N2O2/c1-17-12-11-15-7-9-16(10-8-15)13-3-5-14(18-2)6-4-13/h3-6H,7-12H2,1-2H3. The highest BCUT2D eigenvalue weighted by Crippen LogP contribution is 2.20. The molecular formula is C14H22N2O2. The van der Waals surface area contributed by atoms with Crippen LogP contribution < -0.4 is 9.64 Å². The third-order valence-electron chi connectivity index (χ3n) is 3.42. The van der Waals surface area contributed by atoms with Crippen LogP contribution in [0.4, 0.5) is 5.69 Å². The first kappa shape index (κ1) is 13.2. The molecular weight excluding hydrogens is 228 g/mol. The monoisotopic (exact) mass is 250 g/mol. The molecule has 0 atom stereocenters. The van der Waals surface area contributed by atoms with Gasteiger partial charge in [-0.3, -0.25) is 4.90 Å². The van der Waals surface area contributed by atoms with Crippen molar-refractivity contribution in [3.8, 4) is 5.75 Å². The summed E-state index contributed by atoms with van der Waals surface area (Å²) in [5.74, 6) is 0.914. The second kappa shape index (κ2) is 6.61. The summed E-state index contributed by atoms with van der Waals surface area (Å²) in [5.41, 5.74) is 1.28. The van der Waals surface area contributed by atoms with E-state index in [1.165, 1.54) is 5.69 Å². The molecule has 0 radical (unpaired) electrons. The molecule has 1 saturated heterocycles. The molecule has 4 nitrogen and oxygen atoms in total. The Balaban J connectivity index is 1.84. The first-order valence-electron chi connectivity index (χ1n) is 6.44. The fraction of sp³-hybridized carbons (Fsp3) is 0.571. The zero-order valence-corrected chi connectivity index (χ0v) is 11.3. The first-order valence-corrected chi connectivity index (χ1v) is 6.44. The molecule has 0 N–H and O–H groups in total. The van der Waals surface area contributed by atoms with Crippen LogP contribution in [-0.2, 0) is 4.74 Å². The predicted octanol–water partition coefficient (Wildman–Crippen LogP) is 1.46. The lowest BCUT2D eigenvalue weighted by molar-refractivity contribution is 0.144. The van der Waals surface area contributed by atoms with Gasteiger partial charge in [0.05, 0.1) is 13.7 Å². The van der Waals surface area contributed by atoms with Crippen LogP contribution in [0.3, 0.4) is 0 Å². The van der Waals surface area contributed by atoms with Crippen LogP contribution in [0.15, 0.2) is 24.3 Å². The Labute approximate surface area is 109 Å². The van der Waals surface area contributed by atoms with E-state index < -0.39 is 0 Å². The Morgan fingerprint density at radius 3 is 2.22 bits per heavy atom. The number of anilines is 1. The summed E-state index contributed by atoms with van der Waals surface area (Å²) in [7, 11) is 3.46. The van der Waals surface area contributed by atoms with Crippen LogP contribution in [0.25, 0.3) is 0 Å². The Kier molecular flexibility index (Phi) is 4.84. The van der Waals surface area contributed by atoms with Gasteiger partial charge < -0.3 is 14.4 Å². The first-order chi connectivity index (χ1) is 8.83. The van der Waals surface area contributed by atoms with Crippen molar-refractivity contribution in [3.63, 3.8) is 0 Å². The smallest absolute Gasteiger partial charge is 0.119 e. The maximum atomic E-state index is 5.18. The third kappa shape index (κ3) is 3.37. The summed E-state index contributed by atoms with van der Waals surface area (Å²) in [6.07, 6.45) is 0. The zero-order chi connectivity index (χ0) is 12.8. The molecule has 1 aromatic rings. The topological polar surface area (TPSA) is 24.9 Å². The highest BCUT2D eigenvalue weighted by atomic mass is 16.5. The summed E-state index contributed by atoms with van der Waals surface area (Å²) in [5, 5.41) is 0. The molecule has 0 amide bonds. The molecule has 1 aliphatic rings. The molecule has 0 bridgehead atoms. The van der Waals surface area contributed by atoms with E-state index >= 15 is 0 Å². The molecule has 0 saturated carbocycles. The second-order valence-electron chi connectivity index (χ2n) is 4.52. The maximum absolute atomic E-state index is 5.18. The third-order valence-corrected chi connectivity index (χ3v) is 3.42. The van der Waals surface area contributed by atoms with E-state index in [-0.39, 0.29) is 0 Å². The van der Waals surface area contributed by atoms with Gasteiger partial charge in [-0.05, 0) is 24.3 Å². The summed E-state index contributed by atoms with van der Waals surface area (Å²) in [4.78, 5) is 4.87. The lowest BCUT2D eigenvalue weighted by Crippen LogP contribution is -2.47. The van der Waals surface area contributed by atoms with Crippen molar-refractivity contribution in [2.45, 2.75) is 0 Å². The minimum Gasteiger partial charge on any atom is -0.497 e. The average Bonchev–Trinajstić information content (AvgIpc) is 2.46. The van der Waals surface area contributed by atoms with Gasteiger partial charge in [-0.15, -0.1) is 0 Å². The lowest BCUT2D eigenvalue weighted by atomic mass is 10.2. The van der Waals surface area contributed by atoms with Crippen LogP contribution >= 0.6 is 0 Å². The molecule has 0 aliphatic carbocycles. The van der Waals surface area contributed by atoms with Crippen LogP contribution in [0.1, 0.15) is 0 Å². The van der Waals surface area contributed by atoms with Crippen LogP contribution in [0, 0.1) is 0 Å². The number of hydrogen-bond acceptors (Lipinski definition) is 4. The highest BCUT2D eigenvalue weighted by Gasteiger charge is 2.16. The normalized spacial score (nSPS) is 16.9. The van der Waals surface area contributed by atoms with Crippen molar-refractivity contribution in [1.29, 1.82) is 0 Å². The van der Waals surface area contributed by atoms with Gasteiger partial charge in [0.25, 0.3) is 0 Å². The quantitative estimate of drug-likeness (QED) is 0.790. The summed E-state index contributed by atoms with van der Waals surface area (Å²) >= 11 is 0. The Hall–Kier alpha value is -1.26. The van der Waals surface area contributed by atoms with E-state index in [9.17, 15) is 0 Å². The molecule has 1 aromatic carbocycles. The van der Waals surface area contributed by atoms with Crippen molar-refractivity contribution in [3.05, 3.63) is 24.3 Å². The molecule has 0 spiro atoms. The second-order valence-corrected chi connectivity index (χ2v) is 4.52. The molecule has 1 heterocycles. The van der Waals surface area contributed by atoms with Gasteiger partial charge in [0.1, 0.15) is 5.75 Å². The number of rotatable bonds is 5. The van der Waals surface area contributed by atoms with E-state index in [0.29, 0.717) is 0 Å². The molecule has 0 unspecified atom stereocenters. The van der Waals surface area contributed by atoms with Crippen molar-refractivity contribution >= 4 is 5.69 Å². The van der Waals surface area contributed by atoms with Gasteiger partial charge in [-0.25, -0.2) is 0 Å². The van der Waals surface area contributed by atoms with Crippen molar-refractivity contribution < 1.29 is 9.47 Å². The van der Waals surface area contributed by atoms with Gasteiger partial charge in [-0.1, -0.05) is 0 Å². The van der Waals surface area contributed by atoms with Crippen LogP contribution in [0.2, 0.25) is 0 Å². The fourth-order valence-electron chi connectivity index (χ4n) is 2.24. The van der Waals surface area contributed by atoms with E-state index in [2.05, 4.69) is 21.9 Å². The number of ether oxygens (including phenoxy) is 2. The fourth-order valence-corrected chi connectivity index (χ4v) is 2.24. The molecule has 4 heteroatoms. The highest BCUT2D eigenvalue weighted by molar-refractivity contribution is 5.49. The molecule has 18 heavy (non-hydrogen) atoms. The summed E-state index contributed by atoms with van der Waals surface area (Å²) < 4.78 is 10.3. The van der Waals surface area contributed by atoms with Crippen molar-refractivity contribution in [1.82, 2.24) is 4.90 Å². The lowest BCUT2D eigenvalue weighted by Gasteiger charge is -2.36. The van der Waals surface area contributed by atoms with Crippen LogP contribution in [-0.4, -0.2) is 58.5 Å². The molecule has 2 rings (SSSR count). The van der Waals surface area contributed by atoms with Crippen LogP contribution in [0.5, 0.6) is 5.75 Å². The van der Waals surface area contributed by atoms with Gasteiger partial charge in [0, 0.05) is 45.5 Å². The predicted molar refractivity (Wildman–Crippen MR) is 73.5 cm³/mol. The number of hydrogen-bond donors (Lipinski definition) is 0. The number of nitrogens with zero attached hydrogens (tertiary/aromatic N) is 2. The molecule has 1 aliphatic heterocycles. The SMILES string of the molecule is COCCN1CCN(c2ccc(OC)cc2)CC1. The van der Waals surface area contributed by atoms with Gasteiger partial charge in [0.2, 0.25) is 0 Å². The average molecular weight is 250 g/mol. The Morgan fingerprint density at radius 2 is 1.67 bits per heavy atom. The van der Waals surface area contributed by atoms with Crippen molar-refractivity contribution in [2.75, 3.05) is 58.5 Å². The van der Waals surface area contributed by atoms with Gasteiger partial charge in [-0.2, -0.15) is 0 Å². The van der Waals surface area contributed by atoms with Crippen molar-refractivity contribution in [2.24, 2.45) is 0 Å². The van der Waals surface area contributed by atoms with Gasteiger partial charge in [0.15, 0.2) is 0 Å². The van der Waals surface area contributed by atoms with E-state index in [0.717, 1.165) is 45.1 Å². The minimum absolute atomic E-state index is 0.822. The van der Waals surface area contributed by atoms with E-state index in [4.69, 9.17) is 9.47 Å². The Morgan fingerprint density at radius 1 is 1.00 bits per heavy atom. The summed E-state index contributed by atoms with van der Waals surface area (Å²) in [6, 6.07) is 8.30. The zero-order valence-electron chi connectivity index (χ0n) is 11.3. The number of methoxy groups -OCH3 is 2.